The molecule has 0 aliphatic rings. The van der Waals surface area contributed by atoms with Gasteiger partial charge in [-0.2, -0.15) is 13.5 Å². The lowest BCUT2D eigenvalue weighted by Gasteiger charge is -2.20. The Morgan fingerprint density at radius 3 is 1.29 bits per heavy atom. The molecule has 16 nitrogen and oxygen atoms in total. The molecule has 0 aromatic heterocycles. The average molecular weight is 938 g/mol. The second-order valence-electron chi connectivity index (χ2n) is 13.6. The fourth-order valence-corrected chi connectivity index (χ4v) is 6.48. The molecule has 0 bridgehead atoms. The molecular weight excluding hydrogens is 872 g/mol. The number of guanidine groups is 2. The predicted octanol–water partition coefficient (Wildman–Crippen LogP) is -5.05. The third-order valence-electron chi connectivity index (χ3n) is 9.28. The van der Waals surface area contributed by atoms with Crippen molar-refractivity contribution in [2.45, 2.75) is 78.3 Å². The number of nitrogens with one attached hydrogen (secondary N) is 4. The number of fused-ring (bicyclic) bond motifs is 2. The molecule has 63 heavy (non-hydrogen) atoms. The van der Waals surface area contributed by atoms with E-state index in [1.807, 2.05) is 72.8 Å². The Balaban J connectivity index is 0. The summed E-state index contributed by atoms with van der Waals surface area (Å²) in [5.41, 5.74) is 23.4. The van der Waals surface area contributed by atoms with E-state index in [1.54, 1.807) is 0 Å². The van der Waals surface area contributed by atoms with Gasteiger partial charge in [0, 0.05) is 24.0 Å². The van der Waals surface area contributed by atoms with E-state index < -0.39 is 24.0 Å². The summed E-state index contributed by atoms with van der Waals surface area (Å²) in [5, 5.41) is 9.41. The summed E-state index contributed by atoms with van der Waals surface area (Å²) in [5.74, 6) is -0.315. The summed E-state index contributed by atoms with van der Waals surface area (Å²) in [7, 11) is 2.55. The molecule has 0 saturated heterocycles. The van der Waals surface area contributed by atoms with E-state index in [9.17, 15) is 19.2 Å². The van der Waals surface area contributed by atoms with Gasteiger partial charge in [0.25, 0.3) is 0 Å². The summed E-state index contributed by atoms with van der Waals surface area (Å²) in [6.45, 7) is 1.32. The number of carbonyl (C=O) groups excluding carboxylic acids is 4. The molecule has 0 aliphatic heterocycles. The van der Waals surface area contributed by atoms with Crippen LogP contribution in [-0.2, 0) is 28.7 Å². The molecule has 0 heterocycles. The Kier molecular flexibility index (Phi) is 29.5. The zero-order chi connectivity index (χ0) is 41.9. The van der Waals surface area contributed by atoms with Crippen LogP contribution in [0.1, 0.15) is 66.2 Å². The van der Waals surface area contributed by atoms with Crippen LogP contribution in [-0.4, -0.2) is 88.3 Å². The highest BCUT2D eigenvalue weighted by Gasteiger charge is 2.23. The van der Waals surface area contributed by atoms with Gasteiger partial charge in [-0.05, 0) is 72.2 Å². The topological polar surface area (TPSA) is 261 Å². The van der Waals surface area contributed by atoms with Crippen LogP contribution in [0.4, 0.5) is 0 Å². The minimum absolute atomic E-state index is 0. The van der Waals surface area contributed by atoms with E-state index in [-0.39, 0.29) is 103 Å². The van der Waals surface area contributed by atoms with Crippen LogP contribution < -0.4 is 77.8 Å². The second-order valence-corrected chi connectivity index (χ2v) is 13.6. The van der Waals surface area contributed by atoms with Crippen molar-refractivity contribution in [3.05, 3.63) is 72.8 Å². The van der Waals surface area contributed by atoms with Gasteiger partial charge in [0.05, 0.1) is 40.5 Å². The van der Waals surface area contributed by atoms with Crippen molar-refractivity contribution < 1.29 is 72.9 Å². The number of esters is 2. The standard InChI is InChI=1S/C42H54N8O8.2CH4.2ClH.H2S/c1-55-39(53)31(15-7-23-47-41(43)44)49-35(51)17-9-25-57-33-21-19-27-11-3-5-13-29(27)37(33)38-30-14-6-4-12-28(30)20-22-34(38)58-26-10-18-36(52)50-32(40(54)56-2)16-8-24-48-42(45)46;;;;;/h3-6,11-14,19-22,31-32H,7-10,15-18,23-26H2,1-2H3,(H,49,51)(H,50,52)(H4,43,44,47)(H4,45,46,48);2*1H4;2*1H;1H2/t31-,32-;;;;;/m1...../s1. The van der Waals surface area contributed by atoms with E-state index in [0.717, 1.165) is 32.7 Å². The van der Waals surface area contributed by atoms with Crippen molar-refractivity contribution in [2.75, 3.05) is 40.5 Å². The van der Waals surface area contributed by atoms with Crippen molar-refractivity contribution in [2.24, 2.45) is 22.9 Å². The third kappa shape index (κ3) is 18.7. The maximum absolute atomic E-state index is 12.9. The van der Waals surface area contributed by atoms with Gasteiger partial charge < -0.3 is 54.4 Å². The molecule has 350 valence electrons. The largest absolute Gasteiger partial charge is 1.00 e. The van der Waals surface area contributed by atoms with Crippen LogP contribution in [0.3, 0.4) is 0 Å². The minimum atomic E-state index is -0.809. The molecule has 0 spiro atoms. The van der Waals surface area contributed by atoms with Crippen LogP contribution in [0.2, 0.25) is 0 Å². The third-order valence-corrected chi connectivity index (χ3v) is 9.28. The normalized spacial score (nSPS) is 10.9. The van der Waals surface area contributed by atoms with Crippen LogP contribution in [0, 0.1) is 0 Å². The maximum atomic E-state index is 12.9. The first-order valence-electron chi connectivity index (χ1n) is 19.3. The average Bonchev–Trinajstić information content (AvgIpc) is 3.22. The van der Waals surface area contributed by atoms with Crippen molar-refractivity contribution in [1.82, 2.24) is 10.6 Å². The molecule has 12 N–H and O–H groups in total. The molecule has 0 radical (unpaired) electrons. The highest BCUT2D eigenvalue weighted by molar-refractivity contribution is 7.59. The van der Waals surface area contributed by atoms with Gasteiger partial charge in [0.1, 0.15) is 23.6 Å². The van der Waals surface area contributed by atoms with E-state index in [1.165, 1.54) is 14.2 Å². The number of amides is 2. The monoisotopic (exact) mass is 936 g/mol. The molecule has 0 saturated carbocycles. The Labute approximate surface area is 389 Å². The van der Waals surface area contributed by atoms with Gasteiger partial charge in [-0.1, -0.05) is 75.5 Å². The van der Waals surface area contributed by atoms with Gasteiger partial charge in [0.2, 0.25) is 11.8 Å². The van der Waals surface area contributed by atoms with E-state index in [2.05, 4.69) is 20.6 Å². The molecule has 19 heteroatoms. The molecule has 4 aromatic rings. The summed E-state index contributed by atoms with van der Waals surface area (Å²) in [4.78, 5) is 56.1. The number of methoxy groups -OCH3 is 2. The molecule has 0 fully saturated rings. The number of nitrogens with two attached hydrogens (primary N) is 4. The van der Waals surface area contributed by atoms with E-state index >= 15 is 0 Å². The fourth-order valence-electron chi connectivity index (χ4n) is 6.48. The van der Waals surface area contributed by atoms with Crippen molar-refractivity contribution >= 4 is 70.7 Å². The van der Waals surface area contributed by atoms with E-state index in [4.69, 9.17) is 41.9 Å². The smallest absolute Gasteiger partial charge is 0.338 e. The highest BCUT2D eigenvalue weighted by atomic mass is 35.5. The van der Waals surface area contributed by atoms with Crippen LogP contribution >= 0.6 is 13.5 Å². The van der Waals surface area contributed by atoms with Crippen LogP contribution in [0.5, 0.6) is 11.5 Å². The van der Waals surface area contributed by atoms with Gasteiger partial charge >= 0.3 is 23.9 Å². The summed E-state index contributed by atoms with van der Waals surface area (Å²) < 4.78 is 22.6. The molecule has 0 aliphatic carbocycles. The number of carbonyl (C=O) groups is 4. The summed E-state index contributed by atoms with van der Waals surface area (Å²) >= 11 is 0. The predicted molar refractivity (Wildman–Crippen MR) is 245 cm³/mol. The number of hydrogen-bond donors (Lipinski definition) is 8. The number of ether oxygens (including phenoxy) is 4. The first-order chi connectivity index (χ1) is 28.0. The first kappa shape index (κ1) is 59.4. The van der Waals surface area contributed by atoms with Crippen molar-refractivity contribution in [3.8, 4) is 22.6 Å². The van der Waals surface area contributed by atoms with Crippen LogP contribution in [0.25, 0.3) is 32.7 Å². The number of hydrogen-bond acceptors (Lipinski definition) is 8. The van der Waals surface area contributed by atoms with Crippen LogP contribution in [0.15, 0.2) is 72.8 Å². The van der Waals surface area contributed by atoms with Gasteiger partial charge in [0.15, 0.2) is 0 Å². The van der Waals surface area contributed by atoms with Crippen molar-refractivity contribution in [1.29, 1.82) is 0 Å². The van der Waals surface area contributed by atoms with Crippen molar-refractivity contribution in [3.63, 3.8) is 0 Å². The minimum Gasteiger partial charge on any atom is -1.00 e. The fraction of sp³-hybridized carbons (Fsp3) is 0.409. The van der Waals surface area contributed by atoms with Gasteiger partial charge in [-0.3, -0.25) is 42.5 Å². The lowest BCUT2D eigenvalue weighted by Crippen LogP contribution is -3.00. The van der Waals surface area contributed by atoms with Gasteiger partial charge in [-0.25, -0.2) is 9.59 Å². The molecular formula is C44H66Cl2N8O8S. The van der Waals surface area contributed by atoms with E-state index in [0.29, 0.717) is 63.1 Å². The molecule has 2 amide bonds. The summed E-state index contributed by atoms with van der Waals surface area (Å²) in [6.07, 6.45) is 2.74. The zero-order valence-corrected chi connectivity index (χ0v) is 36.9. The van der Waals surface area contributed by atoms with Gasteiger partial charge in [-0.15, -0.1) is 0 Å². The Hall–Kier alpha value is -5.65. The Morgan fingerprint density at radius 1 is 0.571 bits per heavy atom. The quantitative estimate of drug-likeness (QED) is 0.0151. The molecule has 4 aromatic carbocycles. The number of rotatable bonds is 23. The number of halogens is 2. The first-order valence-corrected chi connectivity index (χ1v) is 19.3. The summed E-state index contributed by atoms with van der Waals surface area (Å²) in [6, 6.07) is 22.2. The molecule has 4 rings (SSSR count). The Bertz CT molecular complexity index is 1960. The molecule has 2 atom stereocenters. The maximum Gasteiger partial charge on any atom is 0.338 e. The lowest BCUT2D eigenvalue weighted by atomic mass is 9.92. The second kappa shape index (κ2) is 31.2. The molecule has 0 unspecified atom stereocenters. The Morgan fingerprint density at radius 2 is 0.937 bits per heavy atom. The lowest BCUT2D eigenvalue weighted by molar-refractivity contribution is -0.460. The number of benzene rings is 4. The zero-order valence-electron chi connectivity index (χ0n) is 34.4. The highest BCUT2D eigenvalue weighted by Crippen LogP contribution is 2.45. The SMILES string of the molecule is C.C.COC(=O)[C@@H](CCC[NH+]=C(N)N)NC(=O)CCCOc1ccc2ccccc2c1-c1c(OCCCC(=O)N[C@H](CCC[NH+]=C(N)N)C(=O)OC)ccc2ccccc12.S.[Cl-].[Cl-].